The van der Waals surface area contributed by atoms with Crippen molar-refractivity contribution in [3.63, 3.8) is 0 Å². The highest BCUT2D eigenvalue weighted by atomic mass is 16.6. The standard InChI is InChI=1S/C24H37N3O7/c1-14(2)19(26-23(32)34-24(5,6)7)22(31)27(15(3)4)20(16-11-9-10-12-17(16)28)21(30)25-13-18(29)33-8/h9-12,14-15,19-20,28H,13H2,1-8H3,(H,25,30)(H,26,32). The minimum atomic E-state index is -1.28. The molecule has 0 heterocycles. The number of phenolic OH excluding ortho intramolecular Hbond substituents is 1. The summed E-state index contributed by atoms with van der Waals surface area (Å²) in [4.78, 5) is 52.3. The topological polar surface area (TPSA) is 134 Å². The molecule has 0 saturated heterocycles. The van der Waals surface area contributed by atoms with Crippen molar-refractivity contribution in [1.82, 2.24) is 15.5 Å². The number of nitrogens with zero attached hydrogens (tertiary/aromatic N) is 1. The van der Waals surface area contributed by atoms with Crippen LogP contribution in [0.5, 0.6) is 5.75 Å². The fraction of sp³-hybridized carbons (Fsp3) is 0.583. The summed E-state index contributed by atoms with van der Waals surface area (Å²) in [5.41, 5.74) is -0.592. The van der Waals surface area contributed by atoms with E-state index in [1.54, 1.807) is 60.6 Å². The molecule has 0 fully saturated rings. The number of phenols is 1. The number of hydrogen-bond acceptors (Lipinski definition) is 7. The Morgan fingerprint density at radius 1 is 1.06 bits per heavy atom. The zero-order valence-corrected chi connectivity index (χ0v) is 21.2. The molecule has 0 aliphatic rings. The van der Waals surface area contributed by atoms with Crippen molar-refractivity contribution in [3.05, 3.63) is 29.8 Å². The van der Waals surface area contributed by atoms with Gasteiger partial charge in [-0.05, 0) is 46.6 Å². The van der Waals surface area contributed by atoms with Crippen LogP contribution in [0.2, 0.25) is 0 Å². The van der Waals surface area contributed by atoms with Gasteiger partial charge >= 0.3 is 12.1 Å². The molecule has 0 bridgehead atoms. The Balaban J connectivity index is 3.43. The van der Waals surface area contributed by atoms with Gasteiger partial charge in [-0.3, -0.25) is 14.4 Å². The Hall–Kier alpha value is -3.30. The Bertz CT molecular complexity index is 878. The number of para-hydroxylation sites is 1. The summed E-state index contributed by atoms with van der Waals surface area (Å²) in [6.07, 6.45) is -0.766. The van der Waals surface area contributed by atoms with Crippen molar-refractivity contribution in [2.45, 2.75) is 72.2 Å². The number of carbonyl (C=O) groups excluding carboxylic acids is 4. The Morgan fingerprint density at radius 3 is 2.12 bits per heavy atom. The third-order valence-electron chi connectivity index (χ3n) is 4.81. The minimum Gasteiger partial charge on any atom is -0.508 e. The number of ether oxygens (including phenoxy) is 2. The second-order valence-corrected chi connectivity index (χ2v) is 9.46. The molecule has 2 unspecified atom stereocenters. The van der Waals surface area contributed by atoms with Crippen LogP contribution in [-0.2, 0) is 23.9 Å². The number of esters is 1. The third-order valence-corrected chi connectivity index (χ3v) is 4.81. The molecule has 34 heavy (non-hydrogen) atoms. The zero-order chi connectivity index (χ0) is 26.2. The van der Waals surface area contributed by atoms with E-state index in [0.29, 0.717) is 0 Å². The molecule has 10 heteroatoms. The first-order chi connectivity index (χ1) is 15.7. The molecule has 1 aromatic carbocycles. The molecule has 2 atom stereocenters. The summed E-state index contributed by atoms with van der Waals surface area (Å²) < 4.78 is 9.88. The molecule has 0 saturated carbocycles. The average Bonchev–Trinajstić information content (AvgIpc) is 2.72. The molecule has 3 N–H and O–H groups in total. The van der Waals surface area contributed by atoms with Crippen LogP contribution >= 0.6 is 0 Å². The van der Waals surface area contributed by atoms with Crippen LogP contribution in [0.15, 0.2) is 24.3 Å². The van der Waals surface area contributed by atoms with Gasteiger partial charge in [-0.2, -0.15) is 0 Å². The molecule has 0 radical (unpaired) electrons. The maximum Gasteiger partial charge on any atom is 0.408 e. The van der Waals surface area contributed by atoms with Gasteiger partial charge in [-0.1, -0.05) is 32.0 Å². The van der Waals surface area contributed by atoms with E-state index < -0.39 is 54.1 Å². The van der Waals surface area contributed by atoms with E-state index in [2.05, 4.69) is 15.4 Å². The van der Waals surface area contributed by atoms with Crippen LogP contribution in [0.25, 0.3) is 0 Å². The molecule has 10 nitrogen and oxygen atoms in total. The Kier molecular flexibility index (Phi) is 10.3. The van der Waals surface area contributed by atoms with E-state index in [4.69, 9.17) is 4.74 Å². The molecule has 0 spiro atoms. The minimum absolute atomic E-state index is 0.173. The van der Waals surface area contributed by atoms with Gasteiger partial charge in [0.25, 0.3) is 0 Å². The van der Waals surface area contributed by atoms with E-state index in [9.17, 15) is 24.3 Å². The van der Waals surface area contributed by atoms with Crippen LogP contribution in [0.4, 0.5) is 4.79 Å². The van der Waals surface area contributed by atoms with Crippen LogP contribution in [-0.4, -0.2) is 65.2 Å². The number of nitrogens with one attached hydrogen (secondary N) is 2. The van der Waals surface area contributed by atoms with Gasteiger partial charge in [0, 0.05) is 11.6 Å². The number of rotatable bonds is 9. The molecule has 3 amide bonds. The largest absolute Gasteiger partial charge is 0.508 e. The van der Waals surface area contributed by atoms with Gasteiger partial charge in [0.15, 0.2) is 0 Å². The second kappa shape index (κ2) is 12.2. The van der Waals surface area contributed by atoms with E-state index in [1.165, 1.54) is 24.1 Å². The first-order valence-corrected chi connectivity index (χ1v) is 11.1. The summed E-state index contributed by atoms with van der Waals surface area (Å²) in [6, 6.07) is 3.33. The zero-order valence-electron chi connectivity index (χ0n) is 21.2. The monoisotopic (exact) mass is 479 g/mol. The number of alkyl carbamates (subject to hydrolysis) is 1. The van der Waals surface area contributed by atoms with Gasteiger partial charge in [0.05, 0.1) is 7.11 Å². The summed E-state index contributed by atoms with van der Waals surface area (Å²) in [5, 5.41) is 15.6. The fourth-order valence-corrected chi connectivity index (χ4v) is 3.25. The highest BCUT2D eigenvalue weighted by Gasteiger charge is 2.39. The van der Waals surface area contributed by atoms with Crippen LogP contribution in [0.1, 0.15) is 60.1 Å². The lowest BCUT2D eigenvalue weighted by Crippen LogP contribution is -2.56. The van der Waals surface area contributed by atoms with Crippen LogP contribution in [0.3, 0.4) is 0 Å². The van der Waals surface area contributed by atoms with Crippen LogP contribution in [0, 0.1) is 5.92 Å². The van der Waals surface area contributed by atoms with Crippen molar-refractivity contribution >= 4 is 23.9 Å². The summed E-state index contributed by atoms with van der Waals surface area (Å²) in [7, 11) is 1.19. The lowest BCUT2D eigenvalue weighted by molar-refractivity contribution is -0.146. The first-order valence-electron chi connectivity index (χ1n) is 11.1. The van der Waals surface area contributed by atoms with E-state index in [-0.39, 0.29) is 17.2 Å². The van der Waals surface area contributed by atoms with Crippen molar-refractivity contribution in [1.29, 1.82) is 0 Å². The van der Waals surface area contributed by atoms with Gasteiger partial charge in [-0.15, -0.1) is 0 Å². The molecular formula is C24H37N3O7. The van der Waals surface area contributed by atoms with E-state index in [0.717, 1.165) is 0 Å². The SMILES string of the molecule is COC(=O)CNC(=O)C(c1ccccc1O)N(C(=O)C(NC(=O)OC(C)(C)C)C(C)C)C(C)C. The quantitative estimate of drug-likeness (QED) is 0.463. The molecule has 1 aromatic rings. The fourth-order valence-electron chi connectivity index (χ4n) is 3.25. The molecule has 0 aromatic heterocycles. The highest BCUT2D eigenvalue weighted by molar-refractivity contribution is 5.93. The Morgan fingerprint density at radius 2 is 1.65 bits per heavy atom. The number of amides is 3. The van der Waals surface area contributed by atoms with Gasteiger partial charge in [0.1, 0.15) is 30.0 Å². The van der Waals surface area contributed by atoms with Crippen molar-refractivity contribution in [3.8, 4) is 5.75 Å². The predicted octanol–water partition coefficient (Wildman–Crippen LogP) is 2.51. The summed E-state index contributed by atoms with van der Waals surface area (Å²) >= 11 is 0. The highest BCUT2D eigenvalue weighted by Crippen LogP contribution is 2.31. The number of carbonyl (C=O) groups is 4. The van der Waals surface area contributed by atoms with Crippen molar-refractivity contribution < 1.29 is 33.8 Å². The second-order valence-electron chi connectivity index (χ2n) is 9.46. The molecule has 0 aliphatic carbocycles. The maximum absolute atomic E-state index is 13.8. The summed E-state index contributed by atoms with van der Waals surface area (Å²) in [6.45, 7) is 11.6. The first kappa shape index (κ1) is 28.7. The molecular weight excluding hydrogens is 442 g/mol. The molecule has 190 valence electrons. The normalized spacial score (nSPS) is 13.1. The van der Waals surface area contributed by atoms with Crippen LogP contribution < -0.4 is 10.6 Å². The van der Waals surface area contributed by atoms with Gasteiger partial charge in [0.2, 0.25) is 11.8 Å². The number of benzene rings is 1. The summed E-state index contributed by atoms with van der Waals surface area (Å²) in [5.74, 6) is -2.44. The predicted molar refractivity (Wildman–Crippen MR) is 126 cm³/mol. The molecule has 0 aliphatic heterocycles. The number of aromatic hydroxyl groups is 1. The lowest BCUT2D eigenvalue weighted by Gasteiger charge is -2.38. The van der Waals surface area contributed by atoms with Gasteiger partial charge < -0.3 is 30.1 Å². The lowest BCUT2D eigenvalue weighted by atomic mass is 9.97. The molecule has 1 rings (SSSR count). The third kappa shape index (κ3) is 8.24. The number of hydrogen-bond donors (Lipinski definition) is 3. The number of methoxy groups -OCH3 is 1. The van der Waals surface area contributed by atoms with Crippen molar-refractivity contribution in [2.75, 3.05) is 13.7 Å². The maximum atomic E-state index is 13.8. The van der Waals surface area contributed by atoms with Crippen molar-refractivity contribution in [2.24, 2.45) is 5.92 Å². The smallest absolute Gasteiger partial charge is 0.408 e. The Labute approximate surface area is 201 Å². The van der Waals surface area contributed by atoms with E-state index in [1.807, 2.05) is 0 Å². The van der Waals surface area contributed by atoms with Gasteiger partial charge in [-0.25, -0.2) is 4.79 Å². The average molecular weight is 480 g/mol. The van der Waals surface area contributed by atoms with E-state index >= 15 is 0 Å².